The summed E-state index contributed by atoms with van der Waals surface area (Å²) in [6.07, 6.45) is 0.744. The van der Waals surface area contributed by atoms with Crippen molar-refractivity contribution < 1.29 is 4.39 Å². The van der Waals surface area contributed by atoms with Crippen molar-refractivity contribution in [3.05, 3.63) is 55.9 Å². The molecule has 0 amide bonds. The molecule has 0 spiro atoms. The lowest BCUT2D eigenvalue weighted by molar-refractivity contribution is 0.546. The van der Waals surface area contributed by atoms with Crippen molar-refractivity contribution in [3.63, 3.8) is 0 Å². The molecule has 1 atom stereocenters. The molecule has 0 fully saturated rings. The van der Waals surface area contributed by atoms with Crippen LogP contribution in [0.4, 0.5) is 4.39 Å². The van der Waals surface area contributed by atoms with E-state index >= 15 is 0 Å². The van der Waals surface area contributed by atoms with Crippen LogP contribution in [0.25, 0.3) is 0 Å². The highest BCUT2D eigenvalue weighted by Crippen LogP contribution is 2.30. The van der Waals surface area contributed by atoms with E-state index in [0.717, 1.165) is 27.7 Å². The van der Waals surface area contributed by atoms with Gasteiger partial charge in [0.05, 0.1) is 9.36 Å². The smallest absolute Gasteiger partial charge is 0.142 e. The van der Waals surface area contributed by atoms with E-state index in [1.807, 2.05) is 25.1 Å². The van der Waals surface area contributed by atoms with Crippen molar-refractivity contribution in [3.8, 4) is 0 Å². The maximum absolute atomic E-state index is 13.5. The third kappa shape index (κ3) is 3.69. The second-order valence-electron chi connectivity index (χ2n) is 4.16. The number of thiophene rings is 1. The molecule has 0 saturated heterocycles. The quantitative estimate of drug-likeness (QED) is 0.810. The number of halogens is 3. The van der Waals surface area contributed by atoms with Crippen LogP contribution in [-0.4, -0.2) is 6.54 Å². The van der Waals surface area contributed by atoms with E-state index in [9.17, 15) is 4.39 Å². The molecular formula is C14H14Cl2FNS. The van der Waals surface area contributed by atoms with Gasteiger partial charge in [0.1, 0.15) is 5.82 Å². The van der Waals surface area contributed by atoms with Crippen LogP contribution < -0.4 is 5.32 Å². The van der Waals surface area contributed by atoms with Gasteiger partial charge in [0.2, 0.25) is 0 Å². The lowest BCUT2D eigenvalue weighted by Crippen LogP contribution is -2.23. The minimum Gasteiger partial charge on any atom is -0.310 e. The minimum atomic E-state index is -0.383. The molecule has 102 valence electrons. The van der Waals surface area contributed by atoms with Gasteiger partial charge in [-0.2, -0.15) is 0 Å². The zero-order valence-electron chi connectivity index (χ0n) is 10.4. The first kappa shape index (κ1) is 14.8. The highest BCUT2D eigenvalue weighted by atomic mass is 35.5. The Labute approximate surface area is 126 Å². The highest BCUT2D eigenvalue weighted by molar-refractivity contribution is 7.16. The first-order chi connectivity index (χ1) is 9.11. The van der Waals surface area contributed by atoms with Crippen LogP contribution in [0.15, 0.2) is 30.3 Å². The molecule has 0 aliphatic heterocycles. The Bertz CT molecular complexity index is 556. The maximum Gasteiger partial charge on any atom is 0.142 e. The third-order valence-electron chi connectivity index (χ3n) is 2.84. The molecule has 0 aliphatic carbocycles. The molecule has 2 aromatic rings. The van der Waals surface area contributed by atoms with Gasteiger partial charge in [0.25, 0.3) is 0 Å². The summed E-state index contributed by atoms with van der Waals surface area (Å²) < 4.78 is 14.3. The largest absolute Gasteiger partial charge is 0.310 e. The summed E-state index contributed by atoms with van der Waals surface area (Å²) in [5, 5.41) is 3.53. The van der Waals surface area contributed by atoms with Gasteiger partial charge in [-0.1, -0.05) is 42.3 Å². The van der Waals surface area contributed by atoms with Crippen LogP contribution in [0.1, 0.15) is 23.4 Å². The summed E-state index contributed by atoms with van der Waals surface area (Å²) in [4.78, 5) is 1.15. The third-order valence-corrected chi connectivity index (χ3v) is 4.49. The molecule has 1 aromatic heterocycles. The summed E-state index contributed by atoms with van der Waals surface area (Å²) in [6.45, 7) is 2.80. The van der Waals surface area contributed by atoms with E-state index in [4.69, 9.17) is 23.2 Å². The van der Waals surface area contributed by atoms with Crippen molar-refractivity contribution in [1.29, 1.82) is 0 Å². The molecule has 5 heteroatoms. The summed E-state index contributed by atoms with van der Waals surface area (Å²) in [5.41, 5.74) is 0.785. The Kier molecular flexibility index (Phi) is 5.22. The number of likely N-dealkylation sites (N-methyl/N-ethyl adjacent to an activating group) is 1. The van der Waals surface area contributed by atoms with Gasteiger partial charge in [-0.05, 0) is 30.3 Å². The molecule has 0 radical (unpaired) electrons. The van der Waals surface area contributed by atoms with E-state index in [-0.39, 0.29) is 16.9 Å². The van der Waals surface area contributed by atoms with Gasteiger partial charge in [-0.15, -0.1) is 11.3 Å². The maximum atomic E-state index is 13.5. The molecule has 1 nitrogen and oxygen atoms in total. The van der Waals surface area contributed by atoms with Crippen LogP contribution in [0.5, 0.6) is 0 Å². The predicted molar refractivity (Wildman–Crippen MR) is 80.9 cm³/mol. The Hall–Kier alpha value is -0.610. The molecule has 1 N–H and O–H groups in total. The fourth-order valence-corrected chi connectivity index (χ4v) is 3.38. The van der Waals surface area contributed by atoms with Gasteiger partial charge in [0.15, 0.2) is 0 Å². The Balaban J connectivity index is 2.26. The topological polar surface area (TPSA) is 12.0 Å². The van der Waals surface area contributed by atoms with Crippen LogP contribution in [0.3, 0.4) is 0 Å². The molecule has 0 saturated carbocycles. The Morgan fingerprint density at radius 2 is 2.05 bits per heavy atom. The number of hydrogen-bond donors (Lipinski definition) is 1. The number of benzene rings is 1. The van der Waals surface area contributed by atoms with E-state index in [1.54, 1.807) is 6.07 Å². The van der Waals surface area contributed by atoms with Crippen LogP contribution in [0, 0.1) is 5.82 Å². The number of rotatable bonds is 5. The first-order valence-corrected chi connectivity index (χ1v) is 7.60. The molecule has 0 bridgehead atoms. The van der Waals surface area contributed by atoms with Crippen LogP contribution >= 0.6 is 34.5 Å². The normalized spacial score (nSPS) is 12.6. The van der Waals surface area contributed by atoms with Crippen molar-refractivity contribution in [2.45, 2.75) is 19.4 Å². The summed E-state index contributed by atoms with van der Waals surface area (Å²) in [7, 11) is 0. The Morgan fingerprint density at radius 3 is 2.68 bits per heavy atom. The molecule has 0 aliphatic rings. The zero-order chi connectivity index (χ0) is 13.8. The minimum absolute atomic E-state index is 0.0112. The second kappa shape index (κ2) is 6.71. The molecule has 1 aromatic carbocycles. The molecule has 2 rings (SSSR count). The van der Waals surface area contributed by atoms with E-state index in [2.05, 4.69) is 5.32 Å². The van der Waals surface area contributed by atoms with Crippen LogP contribution in [0.2, 0.25) is 9.36 Å². The van der Waals surface area contributed by atoms with Crippen LogP contribution in [-0.2, 0) is 6.42 Å². The second-order valence-corrected chi connectivity index (χ2v) is 6.34. The lowest BCUT2D eigenvalue weighted by atomic mass is 10.0. The zero-order valence-corrected chi connectivity index (χ0v) is 12.7. The standard InChI is InChI=1S/C14H14Cl2FNS/c1-2-18-12(8-9-6-7-13(15)19-9)10-4-3-5-11(17)14(10)16/h3-7,12,18H,2,8H2,1H3. The van der Waals surface area contributed by atoms with E-state index in [1.165, 1.54) is 17.4 Å². The van der Waals surface area contributed by atoms with E-state index < -0.39 is 0 Å². The number of nitrogens with one attached hydrogen (secondary N) is 1. The van der Waals surface area contributed by atoms with Gasteiger partial charge in [-0.25, -0.2) is 4.39 Å². The van der Waals surface area contributed by atoms with Gasteiger partial charge < -0.3 is 5.32 Å². The SMILES string of the molecule is CCNC(Cc1ccc(Cl)s1)c1cccc(F)c1Cl. The molecule has 1 unspecified atom stereocenters. The highest BCUT2D eigenvalue weighted by Gasteiger charge is 2.17. The summed E-state index contributed by atoms with van der Waals surface area (Å²) in [5.74, 6) is -0.383. The lowest BCUT2D eigenvalue weighted by Gasteiger charge is -2.19. The monoisotopic (exact) mass is 317 g/mol. The van der Waals surface area contributed by atoms with E-state index in [0.29, 0.717) is 0 Å². The summed E-state index contributed by atoms with van der Waals surface area (Å²) in [6, 6.07) is 8.76. The van der Waals surface area contributed by atoms with Crippen molar-refractivity contribution in [1.82, 2.24) is 5.32 Å². The van der Waals surface area contributed by atoms with Crippen molar-refractivity contribution in [2.24, 2.45) is 0 Å². The van der Waals surface area contributed by atoms with Gasteiger partial charge in [-0.3, -0.25) is 0 Å². The van der Waals surface area contributed by atoms with Crippen molar-refractivity contribution >= 4 is 34.5 Å². The first-order valence-electron chi connectivity index (χ1n) is 6.03. The molecule has 1 heterocycles. The Morgan fingerprint density at radius 1 is 1.26 bits per heavy atom. The summed E-state index contributed by atoms with van der Waals surface area (Å²) >= 11 is 13.5. The average Bonchev–Trinajstić information content (AvgIpc) is 2.78. The molecule has 19 heavy (non-hydrogen) atoms. The molecular weight excluding hydrogens is 304 g/mol. The van der Waals surface area contributed by atoms with Gasteiger partial charge in [0, 0.05) is 17.3 Å². The average molecular weight is 318 g/mol. The van der Waals surface area contributed by atoms with Crippen molar-refractivity contribution in [2.75, 3.05) is 6.54 Å². The predicted octanol–water partition coefficient (Wildman–Crippen LogP) is 5.09. The number of hydrogen-bond acceptors (Lipinski definition) is 2. The van der Waals surface area contributed by atoms with Gasteiger partial charge >= 0.3 is 0 Å². The fraction of sp³-hybridized carbons (Fsp3) is 0.286. The fourth-order valence-electron chi connectivity index (χ4n) is 1.99.